The van der Waals surface area contributed by atoms with E-state index in [0.29, 0.717) is 4.88 Å². The topological polar surface area (TPSA) is 34.1 Å². The zero-order valence-electron chi connectivity index (χ0n) is 6.58. The molecule has 0 aromatic carbocycles. The van der Waals surface area contributed by atoms with E-state index in [1.165, 1.54) is 11.3 Å². The summed E-state index contributed by atoms with van der Waals surface area (Å²) in [6, 6.07) is 1.82. The molecule has 2 nitrogen and oxygen atoms in total. The summed E-state index contributed by atoms with van der Waals surface area (Å²) in [5, 5.41) is 1.78. The van der Waals surface area contributed by atoms with E-state index in [1.54, 1.807) is 5.38 Å². The van der Waals surface area contributed by atoms with Crippen LogP contribution in [0.25, 0.3) is 0 Å². The molecule has 1 heterocycles. The van der Waals surface area contributed by atoms with Crippen molar-refractivity contribution in [1.82, 2.24) is 0 Å². The van der Waals surface area contributed by atoms with Gasteiger partial charge in [-0.1, -0.05) is 6.92 Å². The highest BCUT2D eigenvalue weighted by Gasteiger charge is 2.12. The minimum Gasteiger partial charge on any atom is -0.194 e. The second-order valence-electron chi connectivity index (χ2n) is 2.41. The van der Waals surface area contributed by atoms with Crippen molar-refractivity contribution in [2.45, 2.75) is 19.1 Å². The van der Waals surface area contributed by atoms with Crippen LogP contribution in [0.4, 0.5) is 3.89 Å². The average Bonchev–Trinajstić information content (AvgIpc) is 2.31. The van der Waals surface area contributed by atoms with Gasteiger partial charge >= 0.3 is 10.2 Å². The van der Waals surface area contributed by atoms with Crippen molar-refractivity contribution >= 4 is 21.6 Å². The molecule has 0 bridgehead atoms. The maximum absolute atomic E-state index is 12.2. The van der Waals surface area contributed by atoms with Gasteiger partial charge in [0, 0.05) is 4.88 Å². The number of aryl methyl sites for hydroxylation is 1. The molecule has 0 radical (unpaired) electrons. The summed E-state index contributed by atoms with van der Waals surface area (Å²) >= 11 is 1.28. The van der Waals surface area contributed by atoms with Gasteiger partial charge in [-0.05, 0) is 23.4 Å². The summed E-state index contributed by atoms with van der Waals surface area (Å²) in [5.41, 5.74) is 0.918. The van der Waals surface area contributed by atoms with E-state index < -0.39 is 16.0 Å². The fourth-order valence-electron chi connectivity index (χ4n) is 0.965. The van der Waals surface area contributed by atoms with Crippen LogP contribution in [-0.2, 0) is 22.4 Å². The van der Waals surface area contributed by atoms with Gasteiger partial charge in [-0.15, -0.1) is 15.2 Å². The maximum Gasteiger partial charge on any atom is 0.307 e. The first-order valence-electron chi connectivity index (χ1n) is 3.50. The van der Waals surface area contributed by atoms with Crippen LogP contribution in [0, 0.1) is 0 Å². The number of hydrogen-bond acceptors (Lipinski definition) is 3. The Morgan fingerprint density at radius 1 is 1.58 bits per heavy atom. The molecule has 0 amide bonds. The average molecular weight is 208 g/mol. The molecule has 0 atom stereocenters. The highest BCUT2D eigenvalue weighted by molar-refractivity contribution is 7.85. The molecule has 0 spiro atoms. The molecular formula is C7H9FO2S2. The number of rotatable bonds is 3. The van der Waals surface area contributed by atoms with Crippen molar-refractivity contribution in [1.29, 1.82) is 0 Å². The van der Waals surface area contributed by atoms with Crippen molar-refractivity contribution in [2.75, 3.05) is 0 Å². The fourth-order valence-corrected chi connectivity index (χ4v) is 2.92. The Hall–Kier alpha value is -0.420. The van der Waals surface area contributed by atoms with Crippen LogP contribution < -0.4 is 0 Å². The quantitative estimate of drug-likeness (QED) is 0.713. The molecule has 1 aromatic rings. The van der Waals surface area contributed by atoms with Crippen LogP contribution in [0.2, 0.25) is 0 Å². The van der Waals surface area contributed by atoms with Crippen LogP contribution in [0.5, 0.6) is 0 Å². The van der Waals surface area contributed by atoms with E-state index in [1.807, 2.05) is 13.0 Å². The number of hydrogen-bond donors (Lipinski definition) is 0. The van der Waals surface area contributed by atoms with E-state index in [0.717, 1.165) is 12.0 Å². The lowest BCUT2D eigenvalue weighted by atomic mass is 10.2. The third-order valence-electron chi connectivity index (χ3n) is 1.52. The minimum absolute atomic E-state index is 0.478. The van der Waals surface area contributed by atoms with E-state index >= 15 is 0 Å². The Morgan fingerprint density at radius 2 is 2.25 bits per heavy atom. The van der Waals surface area contributed by atoms with E-state index in [2.05, 4.69) is 0 Å². The Labute approximate surface area is 75.3 Å². The molecule has 0 aliphatic heterocycles. The van der Waals surface area contributed by atoms with Crippen LogP contribution in [0.15, 0.2) is 11.4 Å². The van der Waals surface area contributed by atoms with Gasteiger partial charge in [-0.25, -0.2) is 0 Å². The lowest BCUT2D eigenvalue weighted by Crippen LogP contribution is -1.96. The molecule has 0 aliphatic rings. The van der Waals surface area contributed by atoms with Crippen molar-refractivity contribution in [3.05, 3.63) is 21.9 Å². The van der Waals surface area contributed by atoms with Gasteiger partial charge in [0.05, 0.1) is 0 Å². The predicted octanol–water partition coefficient (Wildman–Crippen LogP) is 2.11. The SMILES string of the molecule is CCc1ccsc1CS(=O)(=O)F. The molecule has 5 heteroatoms. The highest BCUT2D eigenvalue weighted by atomic mass is 32.3. The van der Waals surface area contributed by atoms with Gasteiger partial charge in [0.25, 0.3) is 0 Å². The van der Waals surface area contributed by atoms with Crippen molar-refractivity contribution < 1.29 is 12.3 Å². The zero-order valence-corrected chi connectivity index (χ0v) is 8.21. The Kier molecular flexibility index (Phi) is 2.85. The van der Waals surface area contributed by atoms with Crippen LogP contribution >= 0.6 is 11.3 Å². The number of thiophene rings is 1. The van der Waals surface area contributed by atoms with Gasteiger partial charge < -0.3 is 0 Å². The zero-order chi connectivity index (χ0) is 9.19. The molecule has 0 aliphatic carbocycles. The third-order valence-corrected chi connectivity index (χ3v) is 3.30. The van der Waals surface area contributed by atoms with Gasteiger partial charge in [-0.2, -0.15) is 8.42 Å². The van der Waals surface area contributed by atoms with E-state index in [4.69, 9.17) is 0 Å². The molecule has 0 fully saturated rings. The standard InChI is InChI=1S/C7H9FO2S2/c1-2-6-3-4-11-7(6)5-12(8,9)10/h3-4H,2,5H2,1H3. The summed E-state index contributed by atoms with van der Waals surface area (Å²) in [6.07, 6.45) is 0.744. The first-order chi connectivity index (χ1) is 5.53. The normalized spacial score (nSPS) is 11.8. The predicted molar refractivity (Wildman–Crippen MR) is 47.4 cm³/mol. The Bertz CT molecular complexity index is 353. The highest BCUT2D eigenvalue weighted by Crippen LogP contribution is 2.20. The summed E-state index contributed by atoms with van der Waals surface area (Å²) in [5.74, 6) is -0.478. The molecule has 0 unspecified atom stereocenters. The summed E-state index contributed by atoms with van der Waals surface area (Å²) in [7, 11) is -4.37. The summed E-state index contributed by atoms with van der Waals surface area (Å²) in [6.45, 7) is 1.91. The largest absolute Gasteiger partial charge is 0.307 e. The molecule has 1 aromatic heterocycles. The maximum atomic E-state index is 12.2. The van der Waals surface area contributed by atoms with Gasteiger partial charge in [-0.3, -0.25) is 0 Å². The molecular weight excluding hydrogens is 199 g/mol. The third kappa shape index (κ3) is 2.57. The number of halogens is 1. The van der Waals surface area contributed by atoms with Crippen molar-refractivity contribution in [3.63, 3.8) is 0 Å². The molecule has 68 valence electrons. The van der Waals surface area contributed by atoms with Gasteiger partial charge in [0.15, 0.2) is 0 Å². The summed E-state index contributed by atoms with van der Waals surface area (Å²) < 4.78 is 32.9. The smallest absolute Gasteiger partial charge is 0.194 e. The molecule has 0 saturated carbocycles. The lowest BCUT2D eigenvalue weighted by molar-refractivity contribution is 0.551. The monoisotopic (exact) mass is 208 g/mol. The first-order valence-corrected chi connectivity index (χ1v) is 5.93. The second-order valence-corrected chi connectivity index (χ2v) is 4.77. The minimum atomic E-state index is -4.37. The van der Waals surface area contributed by atoms with Crippen molar-refractivity contribution in [2.24, 2.45) is 0 Å². The van der Waals surface area contributed by atoms with E-state index in [-0.39, 0.29) is 0 Å². The van der Waals surface area contributed by atoms with Crippen molar-refractivity contribution in [3.8, 4) is 0 Å². The fraction of sp³-hybridized carbons (Fsp3) is 0.429. The molecule has 0 saturated heterocycles. The molecule has 0 N–H and O–H groups in total. The first kappa shape index (κ1) is 9.67. The Balaban J connectivity index is 2.89. The van der Waals surface area contributed by atoms with Crippen LogP contribution in [0.1, 0.15) is 17.4 Å². The lowest BCUT2D eigenvalue weighted by Gasteiger charge is -1.95. The van der Waals surface area contributed by atoms with E-state index in [9.17, 15) is 12.3 Å². The van der Waals surface area contributed by atoms with Crippen LogP contribution in [0.3, 0.4) is 0 Å². The molecule has 12 heavy (non-hydrogen) atoms. The Morgan fingerprint density at radius 3 is 2.75 bits per heavy atom. The van der Waals surface area contributed by atoms with Gasteiger partial charge in [0.2, 0.25) is 0 Å². The van der Waals surface area contributed by atoms with Gasteiger partial charge in [0.1, 0.15) is 5.75 Å². The molecule has 1 rings (SSSR count). The van der Waals surface area contributed by atoms with Crippen LogP contribution in [-0.4, -0.2) is 8.42 Å². The summed E-state index contributed by atoms with van der Waals surface area (Å²) in [4.78, 5) is 0.611. The second kappa shape index (κ2) is 3.53.